The number of carbonyl (C=O) groups excluding carboxylic acids is 2. The number of carbonyl (C=O) groups is 3. The van der Waals surface area contributed by atoms with E-state index in [4.69, 9.17) is 14.2 Å². The van der Waals surface area contributed by atoms with Gasteiger partial charge in [-0.25, -0.2) is 4.79 Å². The van der Waals surface area contributed by atoms with Gasteiger partial charge in [0.15, 0.2) is 12.1 Å². The normalized spacial score (nSPS) is 13.6. The maximum Gasteiger partial charge on any atom is 0.362 e. The molecule has 0 radical (unpaired) electrons. The third-order valence-electron chi connectivity index (χ3n) is 10.4. The molecule has 0 spiro atoms. The Bertz CT molecular complexity index is 1210. The summed E-state index contributed by atoms with van der Waals surface area (Å²) in [5, 5.41) is 9.64. The molecule has 0 aliphatic heterocycles. The van der Waals surface area contributed by atoms with Gasteiger partial charge < -0.3 is 23.8 Å². The van der Waals surface area contributed by atoms with Gasteiger partial charge in [-0.3, -0.25) is 9.59 Å². The van der Waals surface area contributed by atoms with E-state index < -0.39 is 18.1 Å². The molecule has 0 rings (SSSR count). The first-order valence-corrected chi connectivity index (χ1v) is 24.0. The lowest BCUT2D eigenvalue weighted by Gasteiger charge is -2.31. The minimum atomic E-state index is -0.884. The lowest BCUT2D eigenvalue weighted by Crippen LogP contribution is -2.50. The van der Waals surface area contributed by atoms with Crippen molar-refractivity contribution in [2.24, 2.45) is 0 Å². The van der Waals surface area contributed by atoms with Gasteiger partial charge in [0.1, 0.15) is 6.61 Å². The van der Waals surface area contributed by atoms with Gasteiger partial charge in [0, 0.05) is 19.3 Å². The van der Waals surface area contributed by atoms with Crippen LogP contribution in [0.25, 0.3) is 0 Å². The fourth-order valence-electron chi connectivity index (χ4n) is 6.60. The maximum atomic E-state index is 12.8. The number of quaternary nitrogens is 1. The first-order chi connectivity index (χ1) is 29.1. The number of carboxylic acids is 1. The predicted molar refractivity (Wildman–Crippen MR) is 252 cm³/mol. The molecule has 0 aliphatic carbocycles. The van der Waals surface area contributed by atoms with Crippen LogP contribution in [0.4, 0.5) is 0 Å². The molecule has 0 bridgehead atoms. The van der Waals surface area contributed by atoms with Crippen molar-refractivity contribution in [3.63, 3.8) is 0 Å². The van der Waals surface area contributed by atoms with Crippen molar-refractivity contribution in [1.82, 2.24) is 0 Å². The highest BCUT2D eigenvalue weighted by Gasteiger charge is 2.31. The molecule has 1 N–H and O–H groups in total. The molecule has 0 heterocycles. The standard InChI is InChI=1S/C52H89NO7/c1-6-8-10-12-14-16-18-20-22-24-25-27-29-31-33-35-37-39-41-43-51(55)60-48(46-58-45-44-49(52(56)57)53(3,4)5)47-59-50(54)42-40-38-36-34-32-30-28-26-23-21-19-17-15-13-11-9-7-2/h14-18,20-21,23,28,30,34,36,48-49H,6-13,19,22,24-27,29,31-33,35,37-47H2,1-5H3/p+1/b16-14+,17-15+,20-18+,23-21+,30-28+,36-34+. The second kappa shape index (κ2) is 42.5. The van der Waals surface area contributed by atoms with Gasteiger partial charge in [-0.1, -0.05) is 164 Å². The summed E-state index contributed by atoms with van der Waals surface area (Å²) >= 11 is 0. The summed E-state index contributed by atoms with van der Waals surface area (Å²) in [6.45, 7) is 4.62. The highest BCUT2D eigenvalue weighted by Crippen LogP contribution is 2.14. The van der Waals surface area contributed by atoms with Crippen LogP contribution < -0.4 is 0 Å². The monoisotopic (exact) mass is 841 g/mol. The maximum absolute atomic E-state index is 12.8. The van der Waals surface area contributed by atoms with E-state index >= 15 is 0 Å². The number of unbranched alkanes of at least 4 members (excludes halogenated alkanes) is 17. The molecule has 0 fully saturated rings. The fourth-order valence-corrected chi connectivity index (χ4v) is 6.60. The molecule has 8 nitrogen and oxygen atoms in total. The van der Waals surface area contributed by atoms with Gasteiger partial charge in [0.2, 0.25) is 0 Å². The van der Waals surface area contributed by atoms with Crippen LogP contribution in [0.5, 0.6) is 0 Å². The Labute approximate surface area is 368 Å². The quantitative estimate of drug-likeness (QED) is 0.0215. The van der Waals surface area contributed by atoms with E-state index in [2.05, 4.69) is 86.8 Å². The third kappa shape index (κ3) is 40.2. The molecule has 60 heavy (non-hydrogen) atoms. The SMILES string of the molecule is CCCCC/C=C/C=C/CCCCCCCCCCCCC(=O)OC(COCCC(C(=O)O)[N+](C)(C)C)COC(=O)CCC/C=C/C/C=C/C/C=C/C/C=C/CCCCC. The molecular formula is C52H90NO7+. The number of likely N-dealkylation sites (N-methyl/N-ethyl adjacent to an activating group) is 1. The van der Waals surface area contributed by atoms with Crippen LogP contribution >= 0.6 is 0 Å². The molecule has 344 valence electrons. The minimum absolute atomic E-state index is 0.0396. The number of hydrogen-bond acceptors (Lipinski definition) is 6. The number of ether oxygens (including phenoxy) is 3. The lowest BCUT2D eigenvalue weighted by atomic mass is 10.1. The third-order valence-corrected chi connectivity index (χ3v) is 10.4. The number of esters is 2. The number of carboxylic acid groups (broad SMARTS) is 1. The summed E-state index contributed by atoms with van der Waals surface area (Å²) in [6.07, 6.45) is 53.8. The average Bonchev–Trinajstić information content (AvgIpc) is 3.21. The Morgan fingerprint density at radius 1 is 0.517 bits per heavy atom. The van der Waals surface area contributed by atoms with Crippen molar-refractivity contribution in [3.8, 4) is 0 Å². The zero-order chi connectivity index (χ0) is 44.2. The van der Waals surface area contributed by atoms with Crippen molar-refractivity contribution in [2.45, 2.75) is 199 Å². The molecule has 2 atom stereocenters. The number of nitrogens with zero attached hydrogens (tertiary/aromatic N) is 1. The fraction of sp³-hybridized carbons (Fsp3) is 0.712. The zero-order valence-corrected chi connectivity index (χ0v) is 39.1. The van der Waals surface area contributed by atoms with Gasteiger partial charge in [-0.05, 0) is 77.0 Å². The van der Waals surface area contributed by atoms with Crippen LogP contribution in [0, 0.1) is 0 Å². The molecule has 8 heteroatoms. The molecular weight excluding hydrogens is 751 g/mol. The van der Waals surface area contributed by atoms with E-state index in [1.54, 1.807) is 0 Å². The van der Waals surface area contributed by atoms with Crippen molar-refractivity contribution >= 4 is 17.9 Å². The van der Waals surface area contributed by atoms with Gasteiger partial charge in [0.05, 0.1) is 34.4 Å². The van der Waals surface area contributed by atoms with Crippen LogP contribution in [0.3, 0.4) is 0 Å². The van der Waals surface area contributed by atoms with E-state index in [1.807, 2.05) is 21.1 Å². The Morgan fingerprint density at radius 2 is 0.950 bits per heavy atom. The van der Waals surface area contributed by atoms with Crippen molar-refractivity contribution in [3.05, 3.63) is 72.9 Å². The summed E-state index contributed by atoms with van der Waals surface area (Å²) in [4.78, 5) is 37.1. The zero-order valence-electron chi connectivity index (χ0n) is 39.1. The number of hydrogen-bond donors (Lipinski definition) is 1. The van der Waals surface area contributed by atoms with Crippen LogP contribution in [-0.4, -0.2) is 80.6 Å². The minimum Gasteiger partial charge on any atom is -0.477 e. The first kappa shape index (κ1) is 56.8. The summed E-state index contributed by atoms with van der Waals surface area (Å²) in [5.41, 5.74) is 0. The predicted octanol–water partition coefficient (Wildman–Crippen LogP) is 13.5. The Balaban J connectivity index is 4.39. The Hall–Kier alpha value is -3.23. The summed E-state index contributed by atoms with van der Waals surface area (Å²) in [5.74, 6) is -1.55. The smallest absolute Gasteiger partial charge is 0.362 e. The number of allylic oxidation sites excluding steroid dienone is 12. The van der Waals surface area contributed by atoms with Crippen LogP contribution in [-0.2, 0) is 28.6 Å². The molecule has 0 amide bonds. The van der Waals surface area contributed by atoms with E-state index in [9.17, 15) is 19.5 Å². The number of rotatable bonds is 42. The van der Waals surface area contributed by atoms with Crippen molar-refractivity contribution in [1.29, 1.82) is 0 Å². The van der Waals surface area contributed by atoms with Crippen molar-refractivity contribution < 1.29 is 38.2 Å². The highest BCUT2D eigenvalue weighted by molar-refractivity contribution is 5.72. The van der Waals surface area contributed by atoms with E-state index in [-0.39, 0.29) is 42.7 Å². The van der Waals surface area contributed by atoms with Gasteiger partial charge in [-0.2, -0.15) is 0 Å². The van der Waals surface area contributed by atoms with E-state index in [1.165, 1.54) is 103 Å². The summed E-state index contributed by atoms with van der Waals surface area (Å²) < 4.78 is 17.3. The molecule has 0 saturated carbocycles. The van der Waals surface area contributed by atoms with Crippen LogP contribution in [0.2, 0.25) is 0 Å². The molecule has 2 unspecified atom stereocenters. The van der Waals surface area contributed by atoms with E-state index in [0.717, 1.165) is 44.9 Å². The van der Waals surface area contributed by atoms with E-state index in [0.29, 0.717) is 19.3 Å². The lowest BCUT2D eigenvalue weighted by molar-refractivity contribution is -0.887. The molecule has 0 saturated heterocycles. The Kier molecular flexibility index (Phi) is 40.2. The number of aliphatic carboxylic acids is 1. The highest BCUT2D eigenvalue weighted by atomic mass is 16.6. The molecule has 0 aromatic heterocycles. The molecule has 0 aromatic rings. The summed E-state index contributed by atoms with van der Waals surface area (Å²) in [7, 11) is 5.51. The second-order valence-electron chi connectivity index (χ2n) is 17.0. The van der Waals surface area contributed by atoms with Crippen LogP contribution in [0.1, 0.15) is 187 Å². The van der Waals surface area contributed by atoms with Gasteiger partial charge >= 0.3 is 17.9 Å². The van der Waals surface area contributed by atoms with Gasteiger partial charge in [0.25, 0.3) is 0 Å². The molecule has 0 aromatic carbocycles. The largest absolute Gasteiger partial charge is 0.477 e. The molecule has 0 aliphatic rings. The Morgan fingerprint density at radius 3 is 1.45 bits per heavy atom. The van der Waals surface area contributed by atoms with Gasteiger partial charge in [-0.15, -0.1) is 0 Å². The second-order valence-corrected chi connectivity index (χ2v) is 17.0. The van der Waals surface area contributed by atoms with Crippen LogP contribution in [0.15, 0.2) is 72.9 Å². The van der Waals surface area contributed by atoms with Crippen molar-refractivity contribution in [2.75, 3.05) is 41.0 Å². The topological polar surface area (TPSA) is 99.1 Å². The first-order valence-electron chi connectivity index (χ1n) is 24.0. The summed E-state index contributed by atoms with van der Waals surface area (Å²) in [6, 6.07) is -0.626. The average molecular weight is 841 g/mol.